The van der Waals surface area contributed by atoms with Gasteiger partial charge in [0.25, 0.3) is 0 Å². The molecular weight excluding hydrogens is 414 g/mol. The lowest BCUT2D eigenvalue weighted by atomic mass is 10.0. The van der Waals surface area contributed by atoms with Gasteiger partial charge in [0.15, 0.2) is 0 Å². The number of carbonyl (C=O) groups excluding carboxylic acids is 3. The second-order valence-electron chi connectivity index (χ2n) is 8.21. The van der Waals surface area contributed by atoms with E-state index in [2.05, 4.69) is 20.9 Å². The number of rotatable bonds is 11. The minimum atomic E-state index is -1.14. The quantitative estimate of drug-likeness (QED) is 0.290. The van der Waals surface area contributed by atoms with Crippen LogP contribution >= 0.6 is 0 Å². The van der Waals surface area contributed by atoms with E-state index in [9.17, 15) is 24.3 Å². The maximum absolute atomic E-state index is 12.4. The first-order valence-electron chi connectivity index (χ1n) is 10.5. The molecule has 7 N–H and O–H groups in total. The van der Waals surface area contributed by atoms with Crippen LogP contribution in [0.1, 0.15) is 32.8 Å². The third kappa shape index (κ3) is 7.09. The molecule has 0 radical (unpaired) electrons. The first-order chi connectivity index (χ1) is 15.1. The Labute approximate surface area is 186 Å². The Bertz CT molecular complexity index is 971. The first-order valence-corrected chi connectivity index (χ1v) is 10.5. The van der Waals surface area contributed by atoms with Crippen molar-refractivity contribution in [2.45, 2.75) is 51.7 Å². The Kier molecular flexibility index (Phi) is 8.77. The van der Waals surface area contributed by atoms with Crippen molar-refractivity contribution in [1.29, 1.82) is 0 Å². The molecule has 0 saturated heterocycles. The predicted molar refractivity (Wildman–Crippen MR) is 120 cm³/mol. The summed E-state index contributed by atoms with van der Waals surface area (Å²) in [5.41, 5.74) is 7.85. The summed E-state index contributed by atoms with van der Waals surface area (Å²) < 4.78 is 0. The number of hydrogen-bond donors (Lipinski definition) is 6. The van der Waals surface area contributed by atoms with Crippen LogP contribution in [-0.2, 0) is 25.6 Å². The van der Waals surface area contributed by atoms with E-state index < -0.39 is 48.4 Å². The van der Waals surface area contributed by atoms with Crippen molar-refractivity contribution in [1.82, 2.24) is 20.9 Å². The van der Waals surface area contributed by atoms with Crippen LogP contribution in [0.3, 0.4) is 0 Å². The fourth-order valence-electron chi connectivity index (χ4n) is 3.27. The number of carboxylic acids is 1. The Morgan fingerprint density at radius 1 is 1.06 bits per heavy atom. The van der Waals surface area contributed by atoms with Crippen molar-refractivity contribution < 1.29 is 24.3 Å². The molecule has 0 saturated carbocycles. The number of aromatic amines is 1. The lowest BCUT2D eigenvalue weighted by Crippen LogP contribution is -2.52. The lowest BCUT2D eigenvalue weighted by Gasteiger charge is -2.19. The second-order valence-corrected chi connectivity index (χ2v) is 8.21. The molecule has 3 unspecified atom stereocenters. The van der Waals surface area contributed by atoms with Crippen molar-refractivity contribution in [2.24, 2.45) is 11.7 Å². The van der Waals surface area contributed by atoms with Gasteiger partial charge in [0.05, 0.1) is 12.6 Å². The number of para-hydroxylation sites is 1. The van der Waals surface area contributed by atoms with E-state index in [1.165, 1.54) is 6.92 Å². The third-order valence-corrected chi connectivity index (χ3v) is 4.97. The molecule has 0 spiro atoms. The van der Waals surface area contributed by atoms with Gasteiger partial charge < -0.3 is 31.8 Å². The molecule has 10 nitrogen and oxygen atoms in total. The van der Waals surface area contributed by atoms with Crippen LogP contribution in [0.25, 0.3) is 10.9 Å². The molecule has 2 aromatic rings. The van der Waals surface area contributed by atoms with Gasteiger partial charge in [-0.05, 0) is 37.3 Å². The van der Waals surface area contributed by atoms with Crippen LogP contribution in [0, 0.1) is 5.92 Å². The van der Waals surface area contributed by atoms with Crippen molar-refractivity contribution in [2.75, 3.05) is 6.54 Å². The number of H-pyrrole nitrogens is 1. The summed E-state index contributed by atoms with van der Waals surface area (Å²) in [7, 11) is 0. The summed E-state index contributed by atoms with van der Waals surface area (Å²) in [4.78, 5) is 51.0. The standard InChI is InChI=1S/C22H31N5O5/c1-12(2)8-18(22(31)32)27-19(28)11-25-20(29)13(3)26-21(30)16(23)9-14-10-24-17-7-5-4-6-15(14)17/h4-7,10,12-13,16,18,24H,8-9,11,23H2,1-3H3,(H,25,29)(H,26,30)(H,27,28)(H,31,32). The topological polar surface area (TPSA) is 166 Å². The van der Waals surface area contributed by atoms with Crippen LogP contribution in [-0.4, -0.2) is 58.5 Å². The maximum atomic E-state index is 12.4. The Morgan fingerprint density at radius 2 is 1.75 bits per heavy atom. The predicted octanol–water partition coefficient (Wildman–Crippen LogP) is 0.274. The summed E-state index contributed by atoms with van der Waals surface area (Å²) >= 11 is 0. The van der Waals surface area contributed by atoms with Gasteiger partial charge in [-0.3, -0.25) is 14.4 Å². The number of benzene rings is 1. The van der Waals surface area contributed by atoms with Crippen molar-refractivity contribution in [3.63, 3.8) is 0 Å². The van der Waals surface area contributed by atoms with E-state index in [-0.39, 0.29) is 12.3 Å². The SMILES string of the molecule is CC(C)CC(NC(=O)CNC(=O)C(C)NC(=O)C(N)Cc1c[nH]c2ccccc12)C(=O)O. The summed E-state index contributed by atoms with van der Waals surface area (Å²) in [5.74, 6) is -2.76. The van der Waals surface area contributed by atoms with Gasteiger partial charge in [0.1, 0.15) is 12.1 Å². The number of carboxylic acid groups (broad SMARTS) is 1. The monoisotopic (exact) mass is 445 g/mol. The number of fused-ring (bicyclic) bond motifs is 1. The van der Waals surface area contributed by atoms with E-state index in [4.69, 9.17) is 5.73 Å². The van der Waals surface area contributed by atoms with Crippen LogP contribution in [0.15, 0.2) is 30.5 Å². The summed E-state index contributed by atoms with van der Waals surface area (Å²) in [6.07, 6.45) is 2.37. The van der Waals surface area contributed by atoms with Crippen LogP contribution in [0.2, 0.25) is 0 Å². The summed E-state index contributed by atoms with van der Waals surface area (Å²) in [6.45, 7) is 4.76. The normalized spacial score (nSPS) is 13.9. The van der Waals surface area contributed by atoms with Crippen molar-refractivity contribution >= 4 is 34.6 Å². The van der Waals surface area contributed by atoms with Gasteiger partial charge in [-0.2, -0.15) is 0 Å². The number of nitrogens with one attached hydrogen (secondary N) is 4. The molecule has 10 heteroatoms. The molecule has 0 fully saturated rings. The highest BCUT2D eigenvalue weighted by Gasteiger charge is 2.23. The molecule has 3 atom stereocenters. The van der Waals surface area contributed by atoms with E-state index in [1.807, 2.05) is 38.1 Å². The highest BCUT2D eigenvalue weighted by atomic mass is 16.4. The zero-order valence-corrected chi connectivity index (χ0v) is 18.5. The largest absolute Gasteiger partial charge is 0.480 e. The van der Waals surface area contributed by atoms with E-state index in [0.717, 1.165) is 16.5 Å². The maximum Gasteiger partial charge on any atom is 0.326 e. The molecule has 0 aliphatic heterocycles. The summed E-state index contributed by atoms with van der Waals surface area (Å²) in [5, 5.41) is 17.5. The molecular formula is C22H31N5O5. The van der Waals surface area contributed by atoms with E-state index in [1.54, 1.807) is 6.20 Å². The van der Waals surface area contributed by atoms with E-state index >= 15 is 0 Å². The minimum Gasteiger partial charge on any atom is -0.480 e. The molecule has 32 heavy (non-hydrogen) atoms. The van der Waals surface area contributed by atoms with Gasteiger partial charge in [0, 0.05) is 17.1 Å². The van der Waals surface area contributed by atoms with Gasteiger partial charge in [-0.1, -0.05) is 32.0 Å². The van der Waals surface area contributed by atoms with Gasteiger partial charge in [-0.25, -0.2) is 4.79 Å². The smallest absolute Gasteiger partial charge is 0.326 e. The Hall–Kier alpha value is -3.40. The molecule has 0 bridgehead atoms. The zero-order chi connectivity index (χ0) is 23.8. The second kappa shape index (κ2) is 11.3. The first kappa shape index (κ1) is 24.9. The minimum absolute atomic E-state index is 0.0784. The Balaban J connectivity index is 1.81. The molecule has 0 aliphatic rings. The van der Waals surface area contributed by atoms with Crippen molar-refractivity contribution in [3.05, 3.63) is 36.0 Å². The molecule has 2 rings (SSSR count). The summed E-state index contributed by atoms with van der Waals surface area (Å²) in [6, 6.07) is 4.85. The number of nitrogens with two attached hydrogens (primary N) is 1. The van der Waals surface area contributed by atoms with Gasteiger partial charge in [-0.15, -0.1) is 0 Å². The zero-order valence-electron chi connectivity index (χ0n) is 18.5. The third-order valence-electron chi connectivity index (χ3n) is 4.97. The molecule has 1 aromatic heterocycles. The fourth-order valence-corrected chi connectivity index (χ4v) is 3.27. The van der Waals surface area contributed by atoms with Crippen molar-refractivity contribution in [3.8, 4) is 0 Å². The number of hydrogen-bond acceptors (Lipinski definition) is 5. The molecule has 1 heterocycles. The van der Waals surface area contributed by atoms with Crippen LogP contribution in [0.4, 0.5) is 0 Å². The van der Waals surface area contributed by atoms with Gasteiger partial charge >= 0.3 is 5.97 Å². The molecule has 1 aromatic carbocycles. The molecule has 3 amide bonds. The lowest BCUT2D eigenvalue weighted by molar-refractivity contribution is -0.142. The fraction of sp³-hybridized carbons (Fsp3) is 0.455. The number of amides is 3. The number of carbonyl (C=O) groups is 4. The van der Waals surface area contributed by atoms with Crippen LogP contribution in [0.5, 0.6) is 0 Å². The highest BCUT2D eigenvalue weighted by molar-refractivity contribution is 5.92. The average molecular weight is 446 g/mol. The highest BCUT2D eigenvalue weighted by Crippen LogP contribution is 2.18. The van der Waals surface area contributed by atoms with E-state index in [0.29, 0.717) is 6.42 Å². The average Bonchev–Trinajstić information content (AvgIpc) is 3.13. The molecule has 0 aliphatic carbocycles. The van der Waals surface area contributed by atoms with Crippen LogP contribution < -0.4 is 21.7 Å². The van der Waals surface area contributed by atoms with Gasteiger partial charge in [0.2, 0.25) is 17.7 Å². The number of aliphatic carboxylic acids is 1. The molecule has 174 valence electrons. The Morgan fingerprint density at radius 3 is 2.41 bits per heavy atom. The number of aromatic nitrogens is 1.